The summed E-state index contributed by atoms with van der Waals surface area (Å²) < 4.78 is 10.9. The van der Waals surface area contributed by atoms with Gasteiger partial charge in [-0.05, 0) is 55.2 Å². The molecule has 0 unspecified atom stereocenters. The van der Waals surface area contributed by atoms with E-state index in [1.807, 2.05) is 17.0 Å². The molecule has 0 radical (unpaired) electrons. The van der Waals surface area contributed by atoms with Crippen molar-refractivity contribution < 1.29 is 14.3 Å². The summed E-state index contributed by atoms with van der Waals surface area (Å²) in [6, 6.07) is 4.22. The van der Waals surface area contributed by atoms with Crippen LogP contribution in [0.4, 0.5) is 0 Å². The van der Waals surface area contributed by atoms with Gasteiger partial charge in [-0.2, -0.15) is 0 Å². The molecule has 0 aromatic heterocycles. The Bertz CT molecular complexity index is 889. The van der Waals surface area contributed by atoms with Crippen molar-refractivity contribution in [1.29, 1.82) is 0 Å². The van der Waals surface area contributed by atoms with Crippen LogP contribution in [0.2, 0.25) is 5.02 Å². The van der Waals surface area contributed by atoms with Gasteiger partial charge in [0.2, 0.25) is 6.79 Å². The van der Waals surface area contributed by atoms with Gasteiger partial charge >= 0.3 is 0 Å². The van der Waals surface area contributed by atoms with Crippen molar-refractivity contribution in [3.05, 3.63) is 27.6 Å². The molecule has 2 heterocycles. The normalized spacial score (nSPS) is 25.6. The molecular weight excluding hydrogens is 420 g/mol. The third-order valence-electron chi connectivity index (χ3n) is 6.42. The first-order valence-electron chi connectivity index (χ1n) is 11.1. The number of halogens is 1. The van der Waals surface area contributed by atoms with E-state index in [9.17, 15) is 4.79 Å². The molecule has 2 aliphatic carbocycles. The zero-order valence-corrected chi connectivity index (χ0v) is 18.6. The number of hydrogen-bond acceptors (Lipinski definition) is 5. The number of amides is 1. The number of aliphatic imine (C=N–C) groups is 1. The number of thioether (sulfide) groups is 1. The van der Waals surface area contributed by atoms with Crippen LogP contribution in [0, 0.1) is 0 Å². The molecular formula is C23H27ClN2O3S. The van der Waals surface area contributed by atoms with Crippen LogP contribution >= 0.6 is 23.4 Å². The summed E-state index contributed by atoms with van der Waals surface area (Å²) >= 11 is 7.97. The Labute approximate surface area is 186 Å². The molecule has 5 nitrogen and oxygen atoms in total. The van der Waals surface area contributed by atoms with E-state index in [2.05, 4.69) is 0 Å². The van der Waals surface area contributed by atoms with Gasteiger partial charge in [-0.15, -0.1) is 0 Å². The van der Waals surface area contributed by atoms with Crippen molar-refractivity contribution >= 4 is 40.5 Å². The van der Waals surface area contributed by atoms with E-state index < -0.39 is 0 Å². The van der Waals surface area contributed by atoms with Crippen LogP contribution in [-0.2, 0) is 4.79 Å². The van der Waals surface area contributed by atoms with Crippen LogP contribution in [0.5, 0.6) is 11.5 Å². The lowest BCUT2D eigenvalue weighted by molar-refractivity contribution is -0.124. The summed E-state index contributed by atoms with van der Waals surface area (Å²) in [6.07, 6.45) is 13.7. The second kappa shape index (κ2) is 8.83. The molecule has 3 fully saturated rings. The first-order chi connectivity index (χ1) is 14.7. The maximum Gasteiger partial charge on any atom is 0.267 e. The molecule has 0 spiro atoms. The standard InChI is InChI=1S/C23H27ClN2O3S/c24-18-13-20-19(28-14-29-20)11-15(18)12-21-22(27)26(17-9-5-2-6-10-17)23(30-21)25-16-7-3-1-4-8-16/h11-13,16-17H,1-10,14H2. The Morgan fingerprint density at radius 1 is 1.00 bits per heavy atom. The monoisotopic (exact) mass is 446 g/mol. The number of rotatable bonds is 3. The van der Waals surface area contributed by atoms with Crippen LogP contribution in [0.1, 0.15) is 69.8 Å². The molecule has 5 rings (SSSR count). The van der Waals surface area contributed by atoms with E-state index in [4.69, 9.17) is 26.1 Å². The molecule has 1 saturated heterocycles. The van der Waals surface area contributed by atoms with Crippen LogP contribution in [0.25, 0.3) is 6.08 Å². The molecule has 30 heavy (non-hydrogen) atoms. The average Bonchev–Trinajstić information content (AvgIpc) is 3.33. The predicted octanol–water partition coefficient (Wildman–Crippen LogP) is 6.01. The van der Waals surface area contributed by atoms with Crippen molar-refractivity contribution in [3.63, 3.8) is 0 Å². The molecule has 1 aromatic rings. The second-order valence-corrected chi connectivity index (χ2v) is 9.92. The minimum atomic E-state index is 0.0650. The zero-order valence-electron chi connectivity index (χ0n) is 17.1. The zero-order chi connectivity index (χ0) is 20.5. The summed E-state index contributed by atoms with van der Waals surface area (Å²) in [6.45, 7) is 0.201. The smallest absolute Gasteiger partial charge is 0.267 e. The largest absolute Gasteiger partial charge is 0.454 e. The lowest BCUT2D eigenvalue weighted by Gasteiger charge is -2.31. The van der Waals surface area contributed by atoms with Gasteiger partial charge in [0.15, 0.2) is 16.7 Å². The Hall–Kier alpha value is -1.66. The molecule has 2 saturated carbocycles. The van der Waals surface area contributed by atoms with Crippen LogP contribution < -0.4 is 9.47 Å². The molecule has 160 valence electrons. The first-order valence-corrected chi connectivity index (χ1v) is 12.3. The minimum Gasteiger partial charge on any atom is -0.454 e. The Morgan fingerprint density at radius 2 is 1.67 bits per heavy atom. The predicted molar refractivity (Wildman–Crippen MR) is 121 cm³/mol. The number of carbonyl (C=O) groups excluding carboxylic acids is 1. The highest BCUT2D eigenvalue weighted by Gasteiger charge is 2.39. The SMILES string of the molecule is O=C1C(=Cc2cc3c(cc2Cl)OCO3)SC(=NC2CCCCC2)N1C1CCCCC1. The molecule has 7 heteroatoms. The highest BCUT2D eigenvalue weighted by atomic mass is 35.5. The first kappa shape index (κ1) is 20.3. The van der Waals surface area contributed by atoms with Gasteiger partial charge in [0.05, 0.1) is 16.0 Å². The third kappa shape index (κ3) is 4.09. The third-order valence-corrected chi connectivity index (χ3v) is 7.75. The van der Waals surface area contributed by atoms with Gasteiger partial charge in [-0.25, -0.2) is 0 Å². The minimum absolute atomic E-state index is 0.0650. The van der Waals surface area contributed by atoms with Gasteiger partial charge in [0, 0.05) is 12.1 Å². The van der Waals surface area contributed by atoms with Gasteiger partial charge in [-0.3, -0.25) is 14.7 Å². The highest BCUT2D eigenvalue weighted by molar-refractivity contribution is 8.18. The topological polar surface area (TPSA) is 51.1 Å². The summed E-state index contributed by atoms with van der Waals surface area (Å²) in [5.74, 6) is 1.38. The van der Waals surface area contributed by atoms with E-state index in [0.29, 0.717) is 27.5 Å². The number of benzene rings is 1. The van der Waals surface area contributed by atoms with Crippen molar-refractivity contribution in [2.24, 2.45) is 4.99 Å². The van der Waals surface area contributed by atoms with Gasteiger partial charge in [0.1, 0.15) is 0 Å². The number of carbonyl (C=O) groups is 1. The van der Waals surface area contributed by atoms with E-state index >= 15 is 0 Å². The van der Waals surface area contributed by atoms with Gasteiger partial charge in [-0.1, -0.05) is 50.1 Å². The summed E-state index contributed by atoms with van der Waals surface area (Å²) in [7, 11) is 0. The Morgan fingerprint density at radius 3 is 2.40 bits per heavy atom. The molecule has 0 atom stereocenters. The summed E-state index contributed by atoms with van der Waals surface area (Å²) in [5.41, 5.74) is 0.777. The molecule has 1 amide bonds. The number of amidine groups is 1. The summed E-state index contributed by atoms with van der Waals surface area (Å²) in [4.78, 5) is 21.2. The van der Waals surface area contributed by atoms with Gasteiger partial charge in [0.25, 0.3) is 5.91 Å². The molecule has 2 aliphatic heterocycles. The maximum absolute atomic E-state index is 13.5. The van der Waals surface area contributed by atoms with Crippen LogP contribution in [0.3, 0.4) is 0 Å². The Kier molecular flexibility index (Phi) is 5.96. The second-order valence-electron chi connectivity index (χ2n) is 8.51. The van der Waals surface area contributed by atoms with Crippen molar-refractivity contribution in [2.75, 3.05) is 6.79 Å². The number of fused-ring (bicyclic) bond motifs is 1. The van der Waals surface area contributed by atoms with Crippen molar-refractivity contribution in [1.82, 2.24) is 4.90 Å². The highest BCUT2D eigenvalue weighted by Crippen LogP contribution is 2.41. The fourth-order valence-corrected chi connectivity index (χ4v) is 6.10. The lowest BCUT2D eigenvalue weighted by atomic mass is 9.94. The fourth-order valence-electron chi connectivity index (χ4n) is 4.79. The summed E-state index contributed by atoms with van der Waals surface area (Å²) in [5, 5.41) is 1.45. The quantitative estimate of drug-likeness (QED) is 0.534. The number of ether oxygens (including phenoxy) is 2. The number of hydrogen-bond donors (Lipinski definition) is 0. The fraction of sp³-hybridized carbons (Fsp3) is 0.565. The molecule has 4 aliphatic rings. The van der Waals surface area contributed by atoms with Crippen LogP contribution in [-0.4, -0.2) is 34.9 Å². The average molecular weight is 447 g/mol. The molecule has 0 bridgehead atoms. The maximum atomic E-state index is 13.5. The van der Waals surface area contributed by atoms with E-state index in [-0.39, 0.29) is 18.7 Å². The van der Waals surface area contributed by atoms with E-state index in [1.54, 1.807) is 6.07 Å². The van der Waals surface area contributed by atoms with Gasteiger partial charge < -0.3 is 9.47 Å². The Balaban J connectivity index is 1.46. The number of nitrogens with zero attached hydrogens (tertiary/aromatic N) is 2. The van der Waals surface area contributed by atoms with Crippen molar-refractivity contribution in [3.8, 4) is 11.5 Å². The van der Waals surface area contributed by atoms with Crippen molar-refractivity contribution in [2.45, 2.75) is 76.3 Å². The van der Waals surface area contributed by atoms with Crippen LogP contribution in [0.15, 0.2) is 22.0 Å². The lowest BCUT2D eigenvalue weighted by Crippen LogP contribution is -2.41. The molecule has 0 N–H and O–H groups in total. The van der Waals surface area contributed by atoms with E-state index in [0.717, 1.165) is 36.4 Å². The molecule has 1 aromatic carbocycles. The van der Waals surface area contributed by atoms with E-state index in [1.165, 1.54) is 50.3 Å².